The first kappa shape index (κ1) is 18.7. The number of aliphatic carboxylic acids is 1. The zero-order chi connectivity index (χ0) is 18.3. The SMILES string of the molecule is CCOc1cc(B2OC(C)(C)C(C)(C)O2)cc(C(F)(F)C(=O)O)c1. The van der Waals surface area contributed by atoms with Gasteiger partial charge in [0.2, 0.25) is 0 Å². The number of ether oxygens (including phenoxy) is 1. The lowest BCUT2D eigenvalue weighted by molar-refractivity contribution is -0.166. The molecule has 24 heavy (non-hydrogen) atoms. The van der Waals surface area contributed by atoms with Gasteiger partial charge in [-0.25, -0.2) is 4.79 Å². The fourth-order valence-electron chi connectivity index (χ4n) is 2.29. The molecule has 0 atom stereocenters. The standard InChI is InChI=1S/C16H21BF2O5/c1-6-22-12-8-10(16(18,19)13(20)21)7-11(9-12)17-23-14(2,3)15(4,5)24-17/h7-9H,6H2,1-5H3,(H,20,21). The van der Waals surface area contributed by atoms with Crippen LogP contribution in [-0.4, -0.2) is 36.0 Å². The molecule has 0 amide bonds. The first-order valence-corrected chi connectivity index (χ1v) is 7.66. The molecule has 1 aliphatic heterocycles. The summed E-state index contributed by atoms with van der Waals surface area (Å²) in [5.74, 6) is -6.12. The molecule has 1 N–H and O–H groups in total. The van der Waals surface area contributed by atoms with Gasteiger partial charge in [-0.3, -0.25) is 0 Å². The minimum absolute atomic E-state index is 0.139. The van der Waals surface area contributed by atoms with Gasteiger partial charge in [-0.05, 0) is 52.2 Å². The van der Waals surface area contributed by atoms with Crippen molar-refractivity contribution in [2.75, 3.05) is 6.61 Å². The van der Waals surface area contributed by atoms with Crippen molar-refractivity contribution in [2.45, 2.75) is 51.7 Å². The summed E-state index contributed by atoms with van der Waals surface area (Å²) < 4.78 is 44.8. The Labute approximate surface area is 140 Å². The molecular formula is C16H21BF2O5. The summed E-state index contributed by atoms with van der Waals surface area (Å²) >= 11 is 0. The fraction of sp³-hybridized carbons (Fsp3) is 0.562. The predicted molar refractivity (Wildman–Crippen MR) is 84.9 cm³/mol. The van der Waals surface area contributed by atoms with E-state index in [2.05, 4.69) is 0 Å². The fourth-order valence-corrected chi connectivity index (χ4v) is 2.29. The van der Waals surface area contributed by atoms with Crippen molar-refractivity contribution in [3.63, 3.8) is 0 Å². The second kappa shape index (κ2) is 6.00. The summed E-state index contributed by atoms with van der Waals surface area (Å²) in [6, 6.07) is 3.62. The molecule has 5 nitrogen and oxygen atoms in total. The summed E-state index contributed by atoms with van der Waals surface area (Å²) in [6.07, 6.45) is 0. The maximum absolute atomic E-state index is 13.9. The van der Waals surface area contributed by atoms with Crippen molar-refractivity contribution in [3.8, 4) is 5.75 Å². The molecule has 1 fully saturated rings. The van der Waals surface area contributed by atoms with Crippen LogP contribution in [0.2, 0.25) is 0 Å². The molecule has 1 aliphatic rings. The van der Waals surface area contributed by atoms with Crippen molar-refractivity contribution in [3.05, 3.63) is 23.8 Å². The van der Waals surface area contributed by atoms with Gasteiger partial charge in [-0.1, -0.05) is 6.07 Å². The van der Waals surface area contributed by atoms with Gasteiger partial charge in [-0.15, -0.1) is 0 Å². The second-order valence-electron chi connectivity index (χ2n) is 6.69. The van der Waals surface area contributed by atoms with Crippen LogP contribution < -0.4 is 10.2 Å². The van der Waals surface area contributed by atoms with E-state index in [1.54, 1.807) is 6.92 Å². The predicted octanol–water partition coefficient (Wildman–Crippen LogP) is 2.56. The molecular weight excluding hydrogens is 321 g/mol. The maximum atomic E-state index is 13.9. The molecule has 0 bridgehead atoms. The van der Waals surface area contributed by atoms with E-state index in [1.807, 2.05) is 27.7 Å². The Morgan fingerprint density at radius 1 is 1.21 bits per heavy atom. The van der Waals surface area contributed by atoms with E-state index in [0.29, 0.717) is 0 Å². The quantitative estimate of drug-likeness (QED) is 0.834. The topological polar surface area (TPSA) is 65.0 Å². The highest BCUT2D eigenvalue weighted by Gasteiger charge is 2.52. The molecule has 132 valence electrons. The van der Waals surface area contributed by atoms with E-state index in [0.717, 1.165) is 12.1 Å². The highest BCUT2D eigenvalue weighted by molar-refractivity contribution is 6.62. The smallest absolute Gasteiger partial charge is 0.494 e. The molecule has 0 saturated carbocycles. The summed E-state index contributed by atoms with van der Waals surface area (Å²) in [6.45, 7) is 9.32. The van der Waals surface area contributed by atoms with Crippen LogP contribution in [0.5, 0.6) is 5.75 Å². The third kappa shape index (κ3) is 3.25. The average Bonchev–Trinajstić information content (AvgIpc) is 2.67. The minimum atomic E-state index is -4.04. The number of carboxylic acid groups (broad SMARTS) is 1. The average molecular weight is 342 g/mol. The van der Waals surface area contributed by atoms with Gasteiger partial charge >= 0.3 is 19.0 Å². The Balaban J connectivity index is 2.48. The van der Waals surface area contributed by atoms with E-state index in [4.69, 9.17) is 19.2 Å². The van der Waals surface area contributed by atoms with Crippen LogP contribution in [0.25, 0.3) is 0 Å². The molecule has 1 saturated heterocycles. The van der Waals surface area contributed by atoms with Gasteiger partial charge in [-0.2, -0.15) is 8.78 Å². The van der Waals surface area contributed by atoms with Gasteiger partial charge in [0.05, 0.1) is 17.8 Å². The maximum Gasteiger partial charge on any atom is 0.494 e. The Morgan fingerprint density at radius 2 is 1.75 bits per heavy atom. The van der Waals surface area contributed by atoms with Crippen LogP contribution in [0.4, 0.5) is 8.78 Å². The van der Waals surface area contributed by atoms with Gasteiger partial charge in [0.1, 0.15) is 5.75 Å². The zero-order valence-corrected chi connectivity index (χ0v) is 14.4. The van der Waals surface area contributed by atoms with E-state index in [-0.39, 0.29) is 17.8 Å². The lowest BCUT2D eigenvalue weighted by Gasteiger charge is -2.32. The number of rotatable bonds is 5. The molecule has 1 aromatic rings. The number of halogens is 2. The zero-order valence-electron chi connectivity index (χ0n) is 14.4. The third-order valence-electron chi connectivity index (χ3n) is 4.40. The Bertz CT molecular complexity index is 629. The van der Waals surface area contributed by atoms with Gasteiger partial charge in [0.25, 0.3) is 0 Å². The number of carbonyl (C=O) groups is 1. The normalized spacial score (nSPS) is 19.4. The van der Waals surface area contributed by atoms with Crippen LogP contribution in [0.3, 0.4) is 0 Å². The molecule has 0 unspecified atom stereocenters. The first-order chi connectivity index (χ1) is 10.9. The van der Waals surface area contributed by atoms with Crippen molar-refractivity contribution in [1.82, 2.24) is 0 Å². The summed E-state index contributed by atoms with van der Waals surface area (Å²) in [7, 11) is -0.890. The van der Waals surface area contributed by atoms with Crippen molar-refractivity contribution in [1.29, 1.82) is 0 Å². The van der Waals surface area contributed by atoms with E-state index >= 15 is 0 Å². The highest BCUT2D eigenvalue weighted by atomic mass is 19.3. The molecule has 0 aromatic heterocycles. The molecule has 8 heteroatoms. The Morgan fingerprint density at radius 3 is 2.21 bits per heavy atom. The van der Waals surface area contributed by atoms with Crippen LogP contribution in [0.1, 0.15) is 40.2 Å². The van der Waals surface area contributed by atoms with Crippen LogP contribution >= 0.6 is 0 Å². The van der Waals surface area contributed by atoms with Gasteiger partial charge < -0.3 is 19.2 Å². The number of alkyl halides is 2. The summed E-state index contributed by atoms with van der Waals surface area (Å²) in [4.78, 5) is 10.9. The van der Waals surface area contributed by atoms with Crippen LogP contribution in [0, 0.1) is 0 Å². The Hall–Kier alpha value is -1.67. The highest BCUT2D eigenvalue weighted by Crippen LogP contribution is 2.37. The molecule has 0 radical (unpaired) electrons. The summed E-state index contributed by atoms with van der Waals surface area (Å²) in [5, 5.41) is 8.78. The van der Waals surface area contributed by atoms with E-state index < -0.39 is 35.8 Å². The largest absolute Gasteiger partial charge is 0.494 e. The van der Waals surface area contributed by atoms with Crippen molar-refractivity contribution < 1.29 is 32.7 Å². The van der Waals surface area contributed by atoms with Crippen molar-refractivity contribution >= 4 is 18.6 Å². The third-order valence-corrected chi connectivity index (χ3v) is 4.40. The van der Waals surface area contributed by atoms with Gasteiger partial charge in [0.15, 0.2) is 0 Å². The minimum Gasteiger partial charge on any atom is -0.494 e. The lowest BCUT2D eigenvalue weighted by atomic mass is 9.77. The molecule has 0 aliphatic carbocycles. The monoisotopic (exact) mass is 342 g/mol. The first-order valence-electron chi connectivity index (χ1n) is 7.66. The molecule has 2 rings (SSSR count). The second-order valence-corrected chi connectivity index (χ2v) is 6.69. The number of benzene rings is 1. The van der Waals surface area contributed by atoms with E-state index in [9.17, 15) is 13.6 Å². The van der Waals surface area contributed by atoms with Crippen LogP contribution in [0.15, 0.2) is 18.2 Å². The molecule has 1 heterocycles. The Kier molecular flexibility index (Phi) is 4.67. The summed E-state index contributed by atoms with van der Waals surface area (Å²) in [5.41, 5.74) is -1.68. The molecule has 1 aromatic carbocycles. The van der Waals surface area contributed by atoms with Crippen LogP contribution in [-0.2, 0) is 20.0 Å². The van der Waals surface area contributed by atoms with Gasteiger partial charge in [0, 0.05) is 5.56 Å². The number of hydrogen-bond acceptors (Lipinski definition) is 4. The van der Waals surface area contributed by atoms with E-state index in [1.165, 1.54) is 6.07 Å². The number of hydrogen-bond donors (Lipinski definition) is 1. The lowest BCUT2D eigenvalue weighted by Crippen LogP contribution is -2.41. The van der Waals surface area contributed by atoms with Crippen molar-refractivity contribution in [2.24, 2.45) is 0 Å². The number of carboxylic acids is 1. The molecule has 0 spiro atoms.